The molecule has 0 aliphatic heterocycles. The lowest BCUT2D eigenvalue weighted by Crippen LogP contribution is -2.04. The summed E-state index contributed by atoms with van der Waals surface area (Å²) in [4.78, 5) is 11.2. The molecule has 0 aliphatic rings. The molecule has 1 aromatic carbocycles. The molecule has 0 aromatic heterocycles. The second-order valence-corrected chi connectivity index (χ2v) is 4.23. The van der Waals surface area contributed by atoms with Crippen molar-refractivity contribution >= 4 is 5.97 Å². The zero-order valence-electron chi connectivity index (χ0n) is 10.9. The molecule has 0 radical (unpaired) electrons. The van der Waals surface area contributed by atoms with E-state index in [0.717, 1.165) is 19.3 Å². The van der Waals surface area contributed by atoms with E-state index in [2.05, 4.69) is 31.2 Å². The van der Waals surface area contributed by atoms with Crippen LogP contribution >= 0.6 is 0 Å². The summed E-state index contributed by atoms with van der Waals surface area (Å²) in [7, 11) is 0. The largest absolute Gasteiger partial charge is 0.466 e. The Morgan fingerprint density at radius 2 is 1.65 bits per heavy atom. The quantitative estimate of drug-likeness (QED) is 0.675. The Hall–Kier alpha value is -1.31. The summed E-state index contributed by atoms with van der Waals surface area (Å²) < 4.78 is 4.89. The number of carbonyl (C=O) groups excluding carboxylic acids is 1. The van der Waals surface area contributed by atoms with E-state index in [4.69, 9.17) is 4.74 Å². The minimum atomic E-state index is -0.0879. The smallest absolute Gasteiger partial charge is 0.305 e. The number of carbonyl (C=O) groups is 1. The number of hydrogen-bond donors (Lipinski definition) is 0. The lowest BCUT2D eigenvalue weighted by molar-refractivity contribution is -0.143. The molecular weight excluding hydrogens is 212 g/mol. The number of rotatable bonds is 7. The van der Waals surface area contributed by atoms with E-state index in [9.17, 15) is 4.79 Å². The predicted molar refractivity (Wildman–Crippen MR) is 70.0 cm³/mol. The Kier molecular flexibility index (Phi) is 6.38. The van der Waals surface area contributed by atoms with Gasteiger partial charge >= 0.3 is 5.97 Å². The fourth-order valence-corrected chi connectivity index (χ4v) is 1.83. The number of esters is 1. The van der Waals surface area contributed by atoms with Crippen LogP contribution in [0.25, 0.3) is 0 Å². The van der Waals surface area contributed by atoms with Gasteiger partial charge in [-0.2, -0.15) is 0 Å². The van der Waals surface area contributed by atoms with Gasteiger partial charge < -0.3 is 4.74 Å². The summed E-state index contributed by atoms with van der Waals surface area (Å²) in [5.41, 5.74) is 2.69. The molecule has 0 amide bonds. The maximum atomic E-state index is 11.2. The van der Waals surface area contributed by atoms with Crippen LogP contribution in [0.3, 0.4) is 0 Å². The first kappa shape index (κ1) is 13.8. The fourth-order valence-electron chi connectivity index (χ4n) is 1.83. The van der Waals surface area contributed by atoms with Gasteiger partial charge in [-0.15, -0.1) is 0 Å². The molecule has 0 unspecified atom stereocenters. The number of aryl methyl sites for hydroxylation is 2. The molecule has 2 nitrogen and oxygen atoms in total. The standard InChI is InChI=1S/C15H22O2/c1-3-6-13-9-11-14(12-10-13)7-5-8-15(16)17-4-2/h9-12H,3-8H2,1-2H3. The molecule has 0 bridgehead atoms. The molecule has 0 N–H and O–H groups in total. The summed E-state index contributed by atoms with van der Waals surface area (Å²) in [6.07, 6.45) is 4.66. The first-order chi connectivity index (χ1) is 8.26. The van der Waals surface area contributed by atoms with Crippen LogP contribution in [-0.4, -0.2) is 12.6 Å². The zero-order valence-corrected chi connectivity index (χ0v) is 10.9. The summed E-state index contributed by atoms with van der Waals surface area (Å²) in [5, 5.41) is 0. The zero-order chi connectivity index (χ0) is 12.5. The normalized spacial score (nSPS) is 10.2. The third-order valence-electron chi connectivity index (χ3n) is 2.71. The first-order valence-electron chi connectivity index (χ1n) is 6.49. The maximum absolute atomic E-state index is 11.2. The van der Waals surface area contributed by atoms with Crippen molar-refractivity contribution in [1.82, 2.24) is 0 Å². The molecule has 0 atom stereocenters. The number of benzene rings is 1. The Labute approximate surface area is 104 Å². The Bertz CT molecular complexity index is 327. The highest BCUT2D eigenvalue weighted by atomic mass is 16.5. The molecule has 0 spiro atoms. The first-order valence-corrected chi connectivity index (χ1v) is 6.49. The molecule has 0 saturated carbocycles. The van der Waals surface area contributed by atoms with Crippen molar-refractivity contribution in [1.29, 1.82) is 0 Å². The van der Waals surface area contributed by atoms with Gasteiger partial charge in [-0.3, -0.25) is 4.79 Å². The topological polar surface area (TPSA) is 26.3 Å². The summed E-state index contributed by atoms with van der Waals surface area (Å²) >= 11 is 0. The molecule has 2 heteroatoms. The highest BCUT2D eigenvalue weighted by Crippen LogP contribution is 2.09. The van der Waals surface area contributed by atoms with Gasteiger partial charge in [0.1, 0.15) is 0 Å². The molecule has 0 saturated heterocycles. The van der Waals surface area contributed by atoms with Crippen LogP contribution in [0.15, 0.2) is 24.3 Å². The number of hydrogen-bond acceptors (Lipinski definition) is 2. The van der Waals surface area contributed by atoms with Gasteiger partial charge in [-0.25, -0.2) is 0 Å². The molecule has 1 rings (SSSR count). The monoisotopic (exact) mass is 234 g/mol. The van der Waals surface area contributed by atoms with Crippen molar-refractivity contribution in [3.05, 3.63) is 35.4 Å². The lowest BCUT2D eigenvalue weighted by atomic mass is 10.0. The molecule has 0 fully saturated rings. The summed E-state index contributed by atoms with van der Waals surface area (Å²) in [5.74, 6) is -0.0879. The maximum Gasteiger partial charge on any atom is 0.305 e. The molecule has 94 valence electrons. The van der Waals surface area contributed by atoms with Gasteiger partial charge in [0.15, 0.2) is 0 Å². The minimum Gasteiger partial charge on any atom is -0.466 e. The molecule has 17 heavy (non-hydrogen) atoms. The van der Waals surface area contributed by atoms with Crippen molar-refractivity contribution in [2.75, 3.05) is 6.61 Å². The van der Waals surface area contributed by atoms with E-state index in [-0.39, 0.29) is 5.97 Å². The third-order valence-corrected chi connectivity index (χ3v) is 2.71. The fraction of sp³-hybridized carbons (Fsp3) is 0.533. The van der Waals surface area contributed by atoms with Crippen LogP contribution in [0.4, 0.5) is 0 Å². The van der Waals surface area contributed by atoms with Crippen LogP contribution < -0.4 is 0 Å². The van der Waals surface area contributed by atoms with Gasteiger partial charge in [0, 0.05) is 6.42 Å². The van der Waals surface area contributed by atoms with E-state index >= 15 is 0 Å². The van der Waals surface area contributed by atoms with Crippen molar-refractivity contribution in [2.24, 2.45) is 0 Å². The number of ether oxygens (including phenoxy) is 1. The third kappa shape index (κ3) is 5.53. The van der Waals surface area contributed by atoms with Gasteiger partial charge in [-0.1, -0.05) is 37.6 Å². The van der Waals surface area contributed by atoms with Crippen molar-refractivity contribution < 1.29 is 9.53 Å². The van der Waals surface area contributed by atoms with Gasteiger partial charge in [0.2, 0.25) is 0 Å². The van der Waals surface area contributed by atoms with Crippen LogP contribution in [0, 0.1) is 0 Å². The van der Waals surface area contributed by atoms with E-state index < -0.39 is 0 Å². The van der Waals surface area contributed by atoms with Gasteiger partial charge in [-0.05, 0) is 37.3 Å². The lowest BCUT2D eigenvalue weighted by Gasteiger charge is -2.04. The average Bonchev–Trinajstić information content (AvgIpc) is 2.32. The Balaban J connectivity index is 2.29. The molecule has 0 heterocycles. The van der Waals surface area contributed by atoms with E-state index in [1.165, 1.54) is 17.5 Å². The van der Waals surface area contributed by atoms with Gasteiger partial charge in [0.25, 0.3) is 0 Å². The molecule has 1 aromatic rings. The average molecular weight is 234 g/mol. The Morgan fingerprint density at radius 3 is 2.18 bits per heavy atom. The van der Waals surface area contributed by atoms with Crippen molar-refractivity contribution in [3.8, 4) is 0 Å². The van der Waals surface area contributed by atoms with Crippen LogP contribution in [0.5, 0.6) is 0 Å². The highest BCUT2D eigenvalue weighted by Gasteiger charge is 2.01. The van der Waals surface area contributed by atoms with Crippen molar-refractivity contribution in [2.45, 2.75) is 46.0 Å². The second kappa shape index (κ2) is 7.88. The molecule has 0 aliphatic carbocycles. The van der Waals surface area contributed by atoms with E-state index in [1.807, 2.05) is 6.92 Å². The predicted octanol–water partition coefficient (Wildman–Crippen LogP) is 3.52. The van der Waals surface area contributed by atoms with Crippen LogP contribution in [-0.2, 0) is 22.4 Å². The van der Waals surface area contributed by atoms with Gasteiger partial charge in [0.05, 0.1) is 6.61 Å². The van der Waals surface area contributed by atoms with E-state index in [1.54, 1.807) is 0 Å². The minimum absolute atomic E-state index is 0.0879. The molecular formula is C15H22O2. The van der Waals surface area contributed by atoms with Crippen LogP contribution in [0.2, 0.25) is 0 Å². The van der Waals surface area contributed by atoms with E-state index in [0.29, 0.717) is 13.0 Å². The highest BCUT2D eigenvalue weighted by molar-refractivity contribution is 5.69. The Morgan fingerprint density at radius 1 is 1.06 bits per heavy atom. The van der Waals surface area contributed by atoms with Crippen molar-refractivity contribution in [3.63, 3.8) is 0 Å². The summed E-state index contributed by atoms with van der Waals surface area (Å²) in [6.45, 7) is 4.50. The second-order valence-electron chi connectivity index (χ2n) is 4.23. The van der Waals surface area contributed by atoms with Crippen LogP contribution in [0.1, 0.15) is 44.2 Å². The SMILES string of the molecule is CCCc1ccc(CCCC(=O)OCC)cc1. The summed E-state index contributed by atoms with van der Waals surface area (Å²) in [6, 6.07) is 8.69.